The van der Waals surface area contributed by atoms with Gasteiger partial charge in [-0.2, -0.15) is 0 Å². The molecule has 3 aromatic carbocycles. The summed E-state index contributed by atoms with van der Waals surface area (Å²) in [5.41, 5.74) is 3.36. The van der Waals surface area contributed by atoms with E-state index >= 15 is 0 Å². The van der Waals surface area contributed by atoms with Crippen LogP contribution in [0, 0.1) is 20.8 Å². The molecule has 0 aliphatic carbocycles. The monoisotopic (exact) mass is 502 g/mol. The quantitative estimate of drug-likeness (QED) is 0.183. The highest BCUT2D eigenvalue weighted by molar-refractivity contribution is 7.60. The number of hydrogen-bond donors (Lipinski definition) is 0. The van der Waals surface area contributed by atoms with Gasteiger partial charge in [0.1, 0.15) is 17.2 Å². The predicted octanol–water partition coefficient (Wildman–Crippen LogP) is 8.57. The maximum atomic E-state index is 6.27. The van der Waals surface area contributed by atoms with Crippen molar-refractivity contribution in [3.63, 3.8) is 0 Å². The van der Waals surface area contributed by atoms with Gasteiger partial charge in [-0.15, -0.1) is 4.52 Å². The van der Waals surface area contributed by atoms with Crippen molar-refractivity contribution in [3.8, 4) is 17.2 Å². The van der Waals surface area contributed by atoms with E-state index in [1.807, 2.05) is 93.6 Å². The topological polar surface area (TPSA) is 52.5 Å². The van der Waals surface area contributed by atoms with Crippen LogP contribution in [0.3, 0.4) is 0 Å². The number of aryl methyl sites for hydroxylation is 3. The third-order valence-electron chi connectivity index (χ3n) is 4.23. The lowest BCUT2D eigenvalue weighted by Crippen LogP contribution is -2.13. The molecule has 0 bridgehead atoms. The lowest BCUT2D eigenvalue weighted by Gasteiger charge is -2.25. The minimum absolute atomic E-state index is 0.127. The van der Waals surface area contributed by atoms with Gasteiger partial charge in [-0.3, -0.25) is 4.84 Å². The first-order valence-electron chi connectivity index (χ1n) is 10.6. The van der Waals surface area contributed by atoms with Crippen LogP contribution in [0.25, 0.3) is 0 Å². The van der Waals surface area contributed by atoms with Gasteiger partial charge < -0.3 is 13.6 Å². The van der Waals surface area contributed by atoms with Gasteiger partial charge in [0.05, 0.1) is 6.61 Å². The molecule has 0 aromatic heterocycles. The van der Waals surface area contributed by atoms with E-state index < -0.39 is 8.45 Å². The molecule has 2 unspecified atom stereocenters. The largest absolute Gasteiger partial charge is 0.458 e. The summed E-state index contributed by atoms with van der Waals surface area (Å²) >= 11 is 0. The molecule has 0 spiro atoms. The second-order valence-electron chi connectivity index (χ2n) is 7.36. The average molecular weight is 502 g/mol. The Balaban J connectivity index is 1.79. The first-order valence-corrected chi connectivity index (χ1v) is 13.4. The third-order valence-corrected chi connectivity index (χ3v) is 7.60. The summed E-state index contributed by atoms with van der Waals surface area (Å²) in [6.45, 7) is 8.68. The lowest BCUT2D eigenvalue weighted by molar-refractivity contribution is -0.0162. The number of hydrogen-bond acceptors (Lipinski definition) is 6. The Kier molecular flexibility index (Phi) is 10.5. The average Bonchev–Trinajstić information content (AvgIpc) is 2.79. The van der Waals surface area contributed by atoms with E-state index in [1.165, 1.54) is 0 Å². The van der Waals surface area contributed by atoms with E-state index in [4.69, 9.17) is 18.4 Å². The van der Waals surface area contributed by atoms with Crippen molar-refractivity contribution in [2.24, 2.45) is 4.52 Å². The fourth-order valence-electron chi connectivity index (χ4n) is 2.69. The fraction of sp³-hybridized carbons (Fsp3) is 0.250. The van der Waals surface area contributed by atoms with Crippen LogP contribution >= 0.6 is 26.0 Å². The number of nitrogens with zero attached hydrogens (tertiary/aromatic N) is 2. The Morgan fingerprint density at radius 1 is 0.848 bits per heavy atom. The van der Waals surface area contributed by atoms with Gasteiger partial charge in [0, 0.05) is 0 Å². The standard InChI is InChI=1S/C24H29N2O4P3/c1-5-15-27-26(32-29-23-13-7-10-20(3)17-23)33(30-24-14-8-11-21(4)18-24)25-31-28-22-12-6-9-19(2)16-22/h6-14,16-18,32H,5,15H2,1-4H3. The van der Waals surface area contributed by atoms with Crippen molar-refractivity contribution in [3.05, 3.63) is 89.5 Å². The second kappa shape index (κ2) is 13.6. The van der Waals surface area contributed by atoms with Crippen LogP contribution in [-0.2, 0) is 4.84 Å². The van der Waals surface area contributed by atoms with Gasteiger partial charge >= 0.3 is 8.45 Å². The van der Waals surface area contributed by atoms with Crippen molar-refractivity contribution in [1.29, 1.82) is 0 Å². The Morgan fingerprint density at radius 2 is 1.42 bits per heavy atom. The van der Waals surface area contributed by atoms with E-state index in [0.29, 0.717) is 15.2 Å². The fourth-order valence-corrected chi connectivity index (χ4v) is 5.62. The number of benzene rings is 3. The van der Waals surface area contributed by atoms with Gasteiger partial charge in [-0.25, -0.2) is 0 Å². The molecular formula is C24H29N2O4P3. The summed E-state index contributed by atoms with van der Waals surface area (Å²) in [4.78, 5) is 6.00. The van der Waals surface area contributed by atoms with Gasteiger partial charge in [0.2, 0.25) is 0 Å². The van der Waals surface area contributed by atoms with Crippen LogP contribution in [0.5, 0.6) is 17.2 Å². The zero-order chi connectivity index (χ0) is 23.5. The normalized spacial score (nSPS) is 12.5. The third kappa shape index (κ3) is 9.01. The van der Waals surface area contributed by atoms with Crippen LogP contribution in [-0.4, -0.2) is 11.2 Å². The molecule has 3 rings (SSSR count). The van der Waals surface area contributed by atoms with Crippen molar-refractivity contribution >= 4 is 26.0 Å². The smallest absolute Gasteiger partial charge is 0.337 e. The molecule has 0 heterocycles. The second-order valence-corrected chi connectivity index (χ2v) is 10.6. The summed E-state index contributed by atoms with van der Waals surface area (Å²) in [6, 6.07) is 23.7. The van der Waals surface area contributed by atoms with Gasteiger partial charge in [-0.05, 0) is 80.3 Å². The Bertz CT molecular complexity index is 1050. The van der Waals surface area contributed by atoms with Gasteiger partial charge in [-0.1, -0.05) is 47.9 Å². The molecule has 0 saturated carbocycles. The highest BCUT2D eigenvalue weighted by Crippen LogP contribution is 2.52. The van der Waals surface area contributed by atoms with E-state index in [1.54, 1.807) is 4.60 Å². The molecule has 0 radical (unpaired) electrons. The van der Waals surface area contributed by atoms with Gasteiger partial charge in [0.25, 0.3) is 8.60 Å². The zero-order valence-electron chi connectivity index (χ0n) is 19.3. The molecule has 0 fully saturated rings. The van der Waals surface area contributed by atoms with E-state index in [0.717, 1.165) is 40.4 Å². The molecule has 0 saturated heterocycles. The molecule has 0 aliphatic rings. The summed E-state index contributed by atoms with van der Waals surface area (Å²) in [7, 11) is -1.25. The summed E-state index contributed by atoms with van der Waals surface area (Å²) in [6.07, 6.45) is 0.858. The van der Waals surface area contributed by atoms with Crippen LogP contribution in [0.1, 0.15) is 30.0 Å². The molecule has 174 valence electrons. The Hall–Kier alpha value is -2.06. The zero-order valence-corrected chi connectivity index (χ0v) is 22.1. The van der Waals surface area contributed by atoms with Crippen LogP contribution in [0.2, 0.25) is 0 Å². The summed E-state index contributed by atoms with van der Waals surface area (Å²) in [5, 5.41) is 0. The summed E-state index contributed by atoms with van der Waals surface area (Å²) in [5.74, 6) is 2.25. The summed E-state index contributed by atoms with van der Waals surface area (Å²) < 4.78 is 24.5. The first kappa shape index (κ1) is 25.6. The van der Waals surface area contributed by atoms with E-state index in [9.17, 15) is 0 Å². The Labute approximate surface area is 201 Å². The highest BCUT2D eigenvalue weighted by Gasteiger charge is 2.25. The molecule has 0 amide bonds. The first-order chi connectivity index (χ1) is 16.0. The molecule has 9 heteroatoms. The Morgan fingerprint density at radius 3 is 2.06 bits per heavy atom. The van der Waals surface area contributed by atoms with E-state index in [-0.39, 0.29) is 8.96 Å². The maximum absolute atomic E-state index is 6.27. The van der Waals surface area contributed by atoms with Crippen LogP contribution < -0.4 is 13.6 Å². The van der Waals surface area contributed by atoms with Crippen molar-refractivity contribution < 1.29 is 18.4 Å². The molecule has 0 N–H and O–H groups in total. The molecule has 33 heavy (non-hydrogen) atoms. The van der Waals surface area contributed by atoms with Crippen LogP contribution in [0.4, 0.5) is 0 Å². The molecular weight excluding hydrogens is 473 g/mol. The highest BCUT2D eigenvalue weighted by atomic mass is 31.2. The lowest BCUT2D eigenvalue weighted by atomic mass is 10.2. The minimum atomic E-state index is -1.55. The minimum Gasteiger partial charge on any atom is -0.458 e. The molecule has 3 aromatic rings. The van der Waals surface area contributed by atoms with Crippen molar-refractivity contribution in [2.45, 2.75) is 34.1 Å². The maximum Gasteiger partial charge on any atom is 0.337 e. The molecule has 6 nitrogen and oxygen atoms in total. The van der Waals surface area contributed by atoms with Crippen molar-refractivity contribution in [2.75, 3.05) is 6.61 Å². The van der Waals surface area contributed by atoms with Crippen molar-refractivity contribution in [1.82, 2.24) is 4.60 Å². The van der Waals surface area contributed by atoms with Gasteiger partial charge in [0.15, 0.2) is 8.96 Å². The van der Waals surface area contributed by atoms with E-state index in [2.05, 4.69) is 11.4 Å². The predicted molar refractivity (Wildman–Crippen MR) is 138 cm³/mol. The molecule has 2 atom stereocenters. The number of rotatable bonds is 12. The molecule has 0 aliphatic heterocycles. The van der Waals surface area contributed by atoms with Crippen LogP contribution in [0.15, 0.2) is 77.3 Å². The SMILES string of the molecule is CCCON(POc1cccc(C)c1)P(N=POc1cccc(C)c1)Oc1cccc(C)c1.